The van der Waals surface area contributed by atoms with Crippen molar-refractivity contribution >= 4 is 0 Å². The molecule has 0 aliphatic heterocycles. The van der Waals surface area contributed by atoms with E-state index in [1.165, 1.54) is 48.5 Å². The van der Waals surface area contributed by atoms with Gasteiger partial charge in [-0.2, -0.15) is 0 Å². The first-order chi connectivity index (χ1) is 9.12. The highest BCUT2D eigenvalue weighted by atomic mass is 19.1. The average Bonchev–Trinajstić information content (AvgIpc) is 2.44. The normalized spacial score (nSPS) is 11.5. The van der Waals surface area contributed by atoms with Crippen LogP contribution in [0.3, 0.4) is 0 Å². The number of alkyl halides is 2. The van der Waals surface area contributed by atoms with E-state index in [-0.39, 0.29) is 11.5 Å². The first-order valence-electron chi connectivity index (χ1n) is 5.83. The number of halogens is 2. The number of aromatic hydroxyl groups is 2. The lowest BCUT2D eigenvalue weighted by Crippen LogP contribution is -2.32. The molecule has 2 N–H and O–H groups in total. The zero-order valence-corrected chi connectivity index (χ0v) is 10.2. The molecule has 4 heteroatoms. The van der Waals surface area contributed by atoms with E-state index in [9.17, 15) is 19.0 Å². The number of phenolic OH excluding ortho intramolecular Hbond substituents is 2. The third-order valence-corrected chi connectivity index (χ3v) is 3.30. The summed E-state index contributed by atoms with van der Waals surface area (Å²) in [6, 6.07) is 11.6. The predicted octanol–water partition coefficient (Wildman–Crippen LogP) is 3.32. The van der Waals surface area contributed by atoms with Crippen LogP contribution >= 0.6 is 0 Å². The summed E-state index contributed by atoms with van der Waals surface area (Å²) in [5, 5.41) is 18.5. The van der Waals surface area contributed by atoms with E-state index in [1.54, 1.807) is 0 Å². The molecule has 0 heterocycles. The van der Waals surface area contributed by atoms with E-state index in [4.69, 9.17) is 0 Å². The zero-order valence-electron chi connectivity index (χ0n) is 10.2. The number of hydrogen-bond donors (Lipinski definition) is 2. The van der Waals surface area contributed by atoms with Crippen molar-refractivity contribution in [1.29, 1.82) is 0 Å². The molecule has 0 bridgehead atoms. The summed E-state index contributed by atoms with van der Waals surface area (Å²) >= 11 is 0. The van der Waals surface area contributed by atoms with Crippen LogP contribution in [0, 0.1) is 0 Å². The van der Waals surface area contributed by atoms with Crippen LogP contribution in [-0.2, 0) is 5.41 Å². The van der Waals surface area contributed by atoms with Crippen LogP contribution in [0.4, 0.5) is 8.78 Å². The van der Waals surface area contributed by atoms with Crippen LogP contribution in [0.5, 0.6) is 11.5 Å². The molecular weight excluding hydrogens is 250 g/mol. The minimum atomic E-state index is -1.40. The molecule has 0 radical (unpaired) electrons. The smallest absolute Gasteiger partial charge is 0.115 e. The Bertz CT molecular complexity index is 484. The molecule has 100 valence electrons. The van der Waals surface area contributed by atoms with Crippen molar-refractivity contribution in [2.45, 2.75) is 5.41 Å². The Balaban J connectivity index is 2.53. The molecule has 19 heavy (non-hydrogen) atoms. The van der Waals surface area contributed by atoms with Crippen LogP contribution in [0.1, 0.15) is 11.1 Å². The van der Waals surface area contributed by atoms with Crippen LogP contribution in [0.2, 0.25) is 0 Å². The highest BCUT2D eigenvalue weighted by Crippen LogP contribution is 2.35. The SMILES string of the molecule is Oc1ccc(C(CF)(CF)c2ccc(O)cc2)cc1. The number of hydrogen-bond acceptors (Lipinski definition) is 2. The third kappa shape index (κ3) is 2.38. The fraction of sp³-hybridized carbons (Fsp3) is 0.200. The predicted molar refractivity (Wildman–Crippen MR) is 68.9 cm³/mol. The Kier molecular flexibility index (Phi) is 3.69. The van der Waals surface area contributed by atoms with E-state index in [0.29, 0.717) is 11.1 Å². The summed E-state index contributed by atoms with van der Waals surface area (Å²) < 4.78 is 27.0. The molecule has 0 fully saturated rings. The molecule has 2 nitrogen and oxygen atoms in total. The lowest BCUT2D eigenvalue weighted by atomic mass is 9.76. The van der Waals surface area contributed by atoms with Crippen molar-refractivity contribution in [2.24, 2.45) is 0 Å². The van der Waals surface area contributed by atoms with Gasteiger partial charge in [0, 0.05) is 0 Å². The third-order valence-electron chi connectivity index (χ3n) is 3.30. The van der Waals surface area contributed by atoms with E-state index >= 15 is 0 Å². The molecule has 2 rings (SSSR count). The van der Waals surface area contributed by atoms with Crippen molar-refractivity contribution in [3.05, 3.63) is 59.7 Å². The maximum Gasteiger partial charge on any atom is 0.115 e. The van der Waals surface area contributed by atoms with Gasteiger partial charge in [0.2, 0.25) is 0 Å². The van der Waals surface area contributed by atoms with Gasteiger partial charge in [0.05, 0.1) is 5.41 Å². The Hall–Kier alpha value is -2.10. The van der Waals surface area contributed by atoms with E-state index < -0.39 is 18.8 Å². The zero-order chi connectivity index (χ0) is 13.9. The lowest BCUT2D eigenvalue weighted by Gasteiger charge is -2.29. The number of phenols is 2. The van der Waals surface area contributed by atoms with Crippen LogP contribution in [-0.4, -0.2) is 23.6 Å². The molecule has 0 spiro atoms. The number of benzene rings is 2. The Morgan fingerprint density at radius 2 is 1.00 bits per heavy atom. The van der Waals surface area contributed by atoms with Crippen molar-refractivity contribution < 1.29 is 19.0 Å². The van der Waals surface area contributed by atoms with E-state index in [0.717, 1.165) is 0 Å². The van der Waals surface area contributed by atoms with Crippen LogP contribution in [0.25, 0.3) is 0 Å². The minimum absolute atomic E-state index is 0.0427. The van der Waals surface area contributed by atoms with Gasteiger partial charge in [-0.3, -0.25) is 0 Å². The molecule has 0 atom stereocenters. The van der Waals surface area contributed by atoms with Gasteiger partial charge < -0.3 is 10.2 Å². The summed E-state index contributed by atoms with van der Waals surface area (Å²) in [6.07, 6.45) is 0. The summed E-state index contributed by atoms with van der Waals surface area (Å²) in [5.74, 6) is 0.0853. The highest BCUT2D eigenvalue weighted by molar-refractivity contribution is 5.43. The monoisotopic (exact) mass is 264 g/mol. The summed E-state index contributed by atoms with van der Waals surface area (Å²) in [7, 11) is 0. The molecule has 2 aromatic rings. The van der Waals surface area contributed by atoms with Crippen molar-refractivity contribution in [2.75, 3.05) is 13.3 Å². The van der Waals surface area contributed by atoms with E-state index in [2.05, 4.69) is 0 Å². The maximum atomic E-state index is 13.5. The Labute approximate surface area is 110 Å². The molecule has 0 amide bonds. The molecule has 0 unspecified atom stereocenters. The maximum absolute atomic E-state index is 13.5. The first kappa shape index (κ1) is 13.3. The van der Waals surface area contributed by atoms with Gasteiger partial charge >= 0.3 is 0 Å². The highest BCUT2D eigenvalue weighted by Gasteiger charge is 2.35. The van der Waals surface area contributed by atoms with Crippen LogP contribution < -0.4 is 0 Å². The van der Waals surface area contributed by atoms with Crippen LogP contribution in [0.15, 0.2) is 48.5 Å². The molecular formula is C15H14F2O2. The van der Waals surface area contributed by atoms with Gasteiger partial charge in [-0.1, -0.05) is 24.3 Å². The topological polar surface area (TPSA) is 40.5 Å². The van der Waals surface area contributed by atoms with Gasteiger partial charge in [-0.15, -0.1) is 0 Å². The van der Waals surface area contributed by atoms with Gasteiger partial charge in [0.15, 0.2) is 0 Å². The first-order valence-corrected chi connectivity index (χ1v) is 5.83. The summed E-state index contributed by atoms with van der Waals surface area (Å²) in [5.41, 5.74) is -0.511. The van der Waals surface area contributed by atoms with Crippen molar-refractivity contribution in [3.63, 3.8) is 0 Å². The molecule has 0 saturated carbocycles. The van der Waals surface area contributed by atoms with Crippen molar-refractivity contribution in [3.8, 4) is 11.5 Å². The van der Waals surface area contributed by atoms with Gasteiger partial charge in [0.1, 0.15) is 24.8 Å². The molecule has 0 aliphatic rings. The second-order valence-electron chi connectivity index (χ2n) is 4.44. The molecule has 0 saturated heterocycles. The summed E-state index contributed by atoms with van der Waals surface area (Å²) in [4.78, 5) is 0. The second-order valence-corrected chi connectivity index (χ2v) is 4.44. The lowest BCUT2D eigenvalue weighted by molar-refractivity contribution is 0.278. The van der Waals surface area contributed by atoms with Gasteiger partial charge in [0.25, 0.3) is 0 Å². The Morgan fingerprint density at radius 3 is 1.26 bits per heavy atom. The fourth-order valence-corrected chi connectivity index (χ4v) is 2.07. The second kappa shape index (κ2) is 5.26. The molecule has 0 aromatic heterocycles. The molecule has 0 aliphatic carbocycles. The fourth-order valence-electron chi connectivity index (χ4n) is 2.07. The van der Waals surface area contributed by atoms with E-state index in [1.807, 2.05) is 0 Å². The average molecular weight is 264 g/mol. The van der Waals surface area contributed by atoms with Crippen molar-refractivity contribution in [1.82, 2.24) is 0 Å². The van der Waals surface area contributed by atoms with Gasteiger partial charge in [-0.25, -0.2) is 8.78 Å². The quantitative estimate of drug-likeness (QED) is 0.889. The van der Waals surface area contributed by atoms with Gasteiger partial charge in [-0.05, 0) is 35.4 Å². The minimum Gasteiger partial charge on any atom is -0.508 e. The number of rotatable bonds is 4. The molecule has 2 aromatic carbocycles. The standard InChI is InChI=1S/C15H14F2O2/c16-9-15(10-17,11-1-5-13(18)6-2-11)12-3-7-14(19)8-4-12/h1-8,18-19H,9-10H2. The Morgan fingerprint density at radius 1 is 0.684 bits per heavy atom. The summed E-state index contributed by atoms with van der Waals surface area (Å²) in [6.45, 7) is -1.81. The largest absolute Gasteiger partial charge is 0.508 e.